The topological polar surface area (TPSA) is 83.6 Å². The number of hydrogen-bond donors (Lipinski definition) is 2. The highest BCUT2D eigenvalue weighted by Crippen LogP contribution is 2.12. The summed E-state index contributed by atoms with van der Waals surface area (Å²) in [5.41, 5.74) is 0.822. The minimum atomic E-state index is -0.0644. The minimum Gasteiger partial charge on any atom is -0.355 e. The van der Waals surface area contributed by atoms with Gasteiger partial charge in [-0.25, -0.2) is 4.98 Å². The smallest absolute Gasteiger partial charge is 0.227 e. The molecule has 0 atom stereocenters. The van der Waals surface area contributed by atoms with Gasteiger partial charge in [0.15, 0.2) is 5.82 Å². The van der Waals surface area contributed by atoms with E-state index in [0.29, 0.717) is 18.2 Å². The van der Waals surface area contributed by atoms with E-state index in [4.69, 9.17) is 0 Å². The SMILES string of the molecule is O=C(Cc1nc(-c2cccnc2)n[nH]1)NCCc1cccs1. The number of nitrogens with one attached hydrogen (secondary N) is 2. The third-order valence-corrected chi connectivity index (χ3v) is 3.99. The molecule has 22 heavy (non-hydrogen) atoms. The molecule has 0 saturated carbocycles. The van der Waals surface area contributed by atoms with Gasteiger partial charge in [0.25, 0.3) is 0 Å². The molecule has 0 radical (unpaired) electrons. The van der Waals surface area contributed by atoms with E-state index in [0.717, 1.165) is 12.0 Å². The number of hydrogen-bond acceptors (Lipinski definition) is 5. The second-order valence-corrected chi connectivity index (χ2v) is 5.74. The van der Waals surface area contributed by atoms with Gasteiger partial charge in [0.1, 0.15) is 5.82 Å². The van der Waals surface area contributed by atoms with Crippen LogP contribution in [0.3, 0.4) is 0 Å². The zero-order chi connectivity index (χ0) is 15.2. The Balaban J connectivity index is 1.50. The maximum absolute atomic E-state index is 11.9. The summed E-state index contributed by atoms with van der Waals surface area (Å²) in [6.07, 6.45) is 4.42. The lowest BCUT2D eigenvalue weighted by molar-refractivity contribution is -0.120. The molecule has 0 spiro atoms. The molecule has 1 amide bonds. The summed E-state index contributed by atoms with van der Waals surface area (Å²) in [5.74, 6) is 1.03. The van der Waals surface area contributed by atoms with Gasteiger partial charge in [0.05, 0.1) is 6.42 Å². The van der Waals surface area contributed by atoms with Crippen molar-refractivity contribution in [3.8, 4) is 11.4 Å². The standard InChI is InChI=1S/C15H15N5OS/c21-14(17-7-5-12-4-2-8-22-12)9-13-18-15(20-19-13)11-3-1-6-16-10-11/h1-4,6,8,10H,5,7,9H2,(H,17,21)(H,18,19,20). The fourth-order valence-corrected chi connectivity index (χ4v) is 2.70. The van der Waals surface area contributed by atoms with Crippen LogP contribution in [0.2, 0.25) is 0 Å². The van der Waals surface area contributed by atoms with E-state index in [2.05, 4.69) is 31.5 Å². The number of rotatable bonds is 6. The van der Waals surface area contributed by atoms with Crippen LogP contribution < -0.4 is 5.32 Å². The van der Waals surface area contributed by atoms with Gasteiger partial charge in [-0.3, -0.25) is 14.9 Å². The van der Waals surface area contributed by atoms with Crippen molar-refractivity contribution < 1.29 is 4.79 Å². The van der Waals surface area contributed by atoms with E-state index in [1.54, 1.807) is 23.7 Å². The van der Waals surface area contributed by atoms with Crippen LogP contribution >= 0.6 is 11.3 Å². The lowest BCUT2D eigenvalue weighted by Gasteiger charge is -2.02. The van der Waals surface area contributed by atoms with Crippen LogP contribution in [0.1, 0.15) is 10.7 Å². The Morgan fingerprint density at radius 1 is 1.32 bits per heavy atom. The highest BCUT2D eigenvalue weighted by Gasteiger charge is 2.09. The monoisotopic (exact) mass is 313 g/mol. The molecule has 3 aromatic heterocycles. The minimum absolute atomic E-state index is 0.0644. The average Bonchev–Trinajstić information content (AvgIpc) is 3.20. The van der Waals surface area contributed by atoms with E-state index in [-0.39, 0.29) is 12.3 Å². The van der Waals surface area contributed by atoms with Gasteiger partial charge in [-0.1, -0.05) is 6.07 Å². The number of aromatic amines is 1. The van der Waals surface area contributed by atoms with Gasteiger partial charge in [-0.2, -0.15) is 5.10 Å². The molecular formula is C15H15N5OS. The van der Waals surface area contributed by atoms with Crippen LogP contribution in [0, 0.1) is 0 Å². The van der Waals surface area contributed by atoms with Crippen LogP contribution in [0.25, 0.3) is 11.4 Å². The molecule has 0 aliphatic heterocycles. The van der Waals surface area contributed by atoms with Crippen LogP contribution in [0.5, 0.6) is 0 Å². The van der Waals surface area contributed by atoms with Crippen molar-refractivity contribution in [2.75, 3.05) is 6.54 Å². The van der Waals surface area contributed by atoms with Gasteiger partial charge in [-0.15, -0.1) is 11.3 Å². The number of nitrogens with zero attached hydrogens (tertiary/aromatic N) is 3. The first-order chi connectivity index (χ1) is 10.8. The maximum Gasteiger partial charge on any atom is 0.227 e. The van der Waals surface area contributed by atoms with E-state index in [9.17, 15) is 4.79 Å². The van der Waals surface area contributed by atoms with Crippen molar-refractivity contribution in [2.24, 2.45) is 0 Å². The number of aromatic nitrogens is 4. The first-order valence-electron chi connectivity index (χ1n) is 6.92. The molecule has 7 heteroatoms. The molecule has 0 unspecified atom stereocenters. The number of pyridine rings is 1. The Labute approximate surface area is 131 Å². The van der Waals surface area contributed by atoms with Crippen LogP contribution in [-0.2, 0) is 17.6 Å². The summed E-state index contributed by atoms with van der Waals surface area (Å²) in [5, 5.41) is 11.8. The van der Waals surface area contributed by atoms with Crippen LogP contribution in [0.15, 0.2) is 42.0 Å². The van der Waals surface area contributed by atoms with Gasteiger partial charge in [0, 0.05) is 29.4 Å². The maximum atomic E-state index is 11.9. The normalized spacial score (nSPS) is 10.5. The molecule has 0 aliphatic carbocycles. The van der Waals surface area contributed by atoms with Crippen molar-refractivity contribution in [3.05, 3.63) is 52.7 Å². The van der Waals surface area contributed by atoms with Gasteiger partial charge >= 0.3 is 0 Å². The average molecular weight is 313 g/mol. The van der Waals surface area contributed by atoms with Crippen molar-refractivity contribution in [2.45, 2.75) is 12.8 Å². The van der Waals surface area contributed by atoms with Gasteiger partial charge in [0.2, 0.25) is 5.91 Å². The second-order valence-electron chi connectivity index (χ2n) is 4.70. The first kappa shape index (κ1) is 14.4. The predicted molar refractivity (Wildman–Crippen MR) is 84.4 cm³/mol. The Morgan fingerprint density at radius 2 is 2.27 bits per heavy atom. The number of thiophene rings is 1. The number of carbonyl (C=O) groups is 1. The molecular weight excluding hydrogens is 298 g/mol. The highest BCUT2D eigenvalue weighted by molar-refractivity contribution is 7.09. The fraction of sp³-hybridized carbons (Fsp3) is 0.200. The third-order valence-electron chi connectivity index (χ3n) is 3.05. The number of amides is 1. The molecule has 3 aromatic rings. The second kappa shape index (κ2) is 6.95. The molecule has 112 valence electrons. The van der Waals surface area contributed by atoms with E-state index in [1.165, 1.54) is 4.88 Å². The summed E-state index contributed by atoms with van der Waals surface area (Å²) in [6.45, 7) is 0.628. The Morgan fingerprint density at radius 3 is 3.05 bits per heavy atom. The quantitative estimate of drug-likeness (QED) is 0.727. The largest absolute Gasteiger partial charge is 0.355 e. The Bertz CT molecular complexity index is 723. The number of H-pyrrole nitrogens is 1. The molecule has 2 N–H and O–H groups in total. The summed E-state index contributed by atoms with van der Waals surface area (Å²) in [7, 11) is 0. The first-order valence-corrected chi connectivity index (χ1v) is 7.80. The third kappa shape index (κ3) is 3.76. The van der Waals surface area contributed by atoms with E-state index >= 15 is 0 Å². The van der Waals surface area contributed by atoms with E-state index < -0.39 is 0 Å². The summed E-state index contributed by atoms with van der Waals surface area (Å²) >= 11 is 1.69. The van der Waals surface area contributed by atoms with Gasteiger partial charge in [-0.05, 0) is 30.0 Å². The van der Waals surface area contributed by atoms with Crippen molar-refractivity contribution >= 4 is 17.2 Å². The molecule has 0 bridgehead atoms. The zero-order valence-corrected chi connectivity index (χ0v) is 12.6. The van der Waals surface area contributed by atoms with Crippen molar-refractivity contribution in [3.63, 3.8) is 0 Å². The highest BCUT2D eigenvalue weighted by atomic mass is 32.1. The summed E-state index contributed by atoms with van der Waals surface area (Å²) < 4.78 is 0. The lowest BCUT2D eigenvalue weighted by Crippen LogP contribution is -2.27. The zero-order valence-electron chi connectivity index (χ0n) is 11.8. The molecule has 0 aliphatic rings. The molecule has 6 nitrogen and oxygen atoms in total. The predicted octanol–water partition coefficient (Wildman–Crippen LogP) is 1.83. The molecule has 3 rings (SSSR count). The van der Waals surface area contributed by atoms with Gasteiger partial charge < -0.3 is 5.32 Å². The Hall–Kier alpha value is -2.54. The molecule has 0 saturated heterocycles. The molecule has 0 aromatic carbocycles. The van der Waals surface area contributed by atoms with Crippen LogP contribution in [-0.4, -0.2) is 32.6 Å². The van der Waals surface area contributed by atoms with Crippen molar-refractivity contribution in [1.82, 2.24) is 25.5 Å². The van der Waals surface area contributed by atoms with E-state index in [1.807, 2.05) is 23.6 Å². The molecule has 0 fully saturated rings. The molecule has 3 heterocycles. The van der Waals surface area contributed by atoms with Crippen LogP contribution in [0.4, 0.5) is 0 Å². The van der Waals surface area contributed by atoms with Crippen molar-refractivity contribution in [1.29, 1.82) is 0 Å². The summed E-state index contributed by atoms with van der Waals surface area (Å²) in [6, 6.07) is 7.77. The number of carbonyl (C=O) groups excluding carboxylic acids is 1. The summed E-state index contributed by atoms with van der Waals surface area (Å²) in [4.78, 5) is 21.5. The Kier molecular flexibility index (Phi) is 4.55. The fourth-order valence-electron chi connectivity index (χ4n) is 1.99. The lowest BCUT2D eigenvalue weighted by atomic mass is 10.3.